The fourth-order valence-corrected chi connectivity index (χ4v) is 9.33. The molecular weight excluding hydrogens is 869 g/mol. The summed E-state index contributed by atoms with van der Waals surface area (Å²) in [7, 11) is 0. The van der Waals surface area contributed by atoms with Crippen LogP contribution in [0.4, 0.5) is 0 Å². The summed E-state index contributed by atoms with van der Waals surface area (Å²) in [4.78, 5) is 25.5. The Hall–Kier alpha value is -10.2. The highest BCUT2D eigenvalue weighted by molar-refractivity contribution is 6.12. The van der Waals surface area contributed by atoms with Crippen LogP contribution in [0.25, 0.3) is 118 Å². The highest BCUT2D eigenvalue weighted by atomic mass is 15.0. The van der Waals surface area contributed by atoms with E-state index in [1.165, 1.54) is 0 Å². The molecule has 0 atom stereocenters. The Bertz CT molecular complexity index is 3870. The van der Waals surface area contributed by atoms with Crippen LogP contribution in [0.15, 0.2) is 231 Å². The lowest BCUT2D eigenvalue weighted by atomic mass is 9.90. The molecule has 12 rings (SSSR count). The van der Waals surface area contributed by atoms with Crippen molar-refractivity contribution in [2.75, 3.05) is 0 Å². The van der Waals surface area contributed by atoms with Gasteiger partial charge in [0.1, 0.15) is 0 Å². The molecule has 0 aliphatic heterocycles. The number of hydrogen-bond acceptors (Lipinski definition) is 7. The number of hydrogen-bond donors (Lipinski definition) is 0. The first-order valence-corrected chi connectivity index (χ1v) is 23.2. The lowest BCUT2D eigenvalue weighted by molar-refractivity contribution is 1.07. The maximum Gasteiger partial charge on any atom is 0.164 e. The molecule has 0 radical (unpaired) electrons. The van der Waals surface area contributed by atoms with Crippen LogP contribution in [-0.2, 0) is 0 Å². The van der Waals surface area contributed by atoms with E-state index in [1.54, 1.807) is 0 Å². The molecule has 3 heterocycles. The van der Waals surface area contributed by atoms with Gasteiger partial charge < -0.3 is 4.57 Å². The zero-order valence-corrected chi connectivity index (χ0v) is 38.0. The van der Waals surface area contributed by atoms with E-state index >= 15 is 0 Å². The molecule has 0 saturated carbocycles. The van der Waals surface area contributed by atoms with Crippen LogP contribution in [0.3, 0.4) is 0 Å². The average molecular weight is 907 g/mol. The zero-order valence-electron chi connectivity index (χ0n) is 38.0. The molecule has 0 saturated heterocycles. The smallest absolute Gasteiger partial charge is 0.164 e. The standard InChI is InChI=1S/C63H38N8/c64-39-41-17-15-27-47(33-41)52-36-50(56-38-55(43-19-5-1-6-20-43)66-60(67-56)44-21-7-2-8-22-44)37-53(48-28-16-18-42(34-48)40-65)59(52)71-57-30-14-13-29-51(57)54-35-49(31-32-58(54)71)63-69-61(45-23-9-3-10-24-45)68-62(70-63)46-25-11-4-12-26-46/h1-38H. The number of nitriles is 2. The van der Waals surface area contributed by atoms with Crippen molar-refractivity contribution in [2.24, 2.45) is 0 Å². The summed E-state index contributed by atoms with van der Waals surface area (Å²) < 4.78 is 2.31. The van der Waals surface area contributed by atoms with E-state index in [1.807, 2.05) is 164 Å². The molecule has 0 aliphatic rings. The summed E-state index contributed by atoms with van der Waals surface area (Å²) in [5, 5.41) is 22.6. The number of benzene rings is 9. The van der Waals surface area contributed by atoms with Crippen molar-refractivity contribution in [3.8, 4) is 108 Å². The lowest BCUT2D eigenvalue weighted by Gasteiger charge is -2.21. The summed E-state index contributed by atoms with van der Waals surface area (Å²) in [5.41, 5.74) is 14.1. The minimum absolute atomic E-state index is 0.528. The third-order valence-electron chi connectivity index (χ3n) is 12.7. The van der Waals surface area contributed by atoms with Gasteiger partial charge in [-0.15, -0.1) is 0 Å². The second-order valence-corrected chi connectivity index (χ2v) is 17.1. The Labute approximate surface area is 409 Å². The maximum absolute atomic E-state index is 10.3. The van der Waals surface area contributed by atoms with Gasteiger partial charge in [0.25, 0.3) is 0 Å². The molecule has 0 N–H and O–H groups in total. The molecule has 0 fully saturated rings. The second-order valence-electron chi connectivity index (χ2n) is 17.1. The number of nitrogens with zero attached hydrogens (tertiary/aromatic N) is 8. The van der Waals surface area contributed by atoms with Crippen LogP contribution < -0.4 is 0 Å². The average Bonchev–Trinajstić information content (AvgIpc) is 3.78. The minimum Gasteiger partial charge on any atom is -0.308 e. The number of aromatic nitrogens is 6. The van der Waals surface area contributed by atoms with E-state index in [-0.39, 0.29) is 0 Å². The molecule has 0 aliphatic carbocycles. The van der Waals surface area contributed by atoms with E-state index in [0.717, 1.165) is 88.8 Å². The molecular formula is C63H38N8. The fourth-order valence-electron chi connectivity index (χ4n) is 9.33. The van der Waals surface area contributed by atoms with Gasteiger partial charge in [-0.1, -0.05) is 164 Å². The molecule has 330 valence electrons. The van der Waals surface area contributed by atoms with Crippen molar-refractivity contribution in [1.82, 2.24) is 29.5 Å². The SMILES string of the molecule is N#Cc1cccc(-c2cc(-c3cc(-c4ccccc4)nc(-c4ccccc4)n3)cc(-c3cccc(C#N)c3)c2-n2c3ccccc3c3cc(-c4nc(-c5ccccc5)nc(-c5ccccc5)n4)ccc32)c1. The summed E-state index contributed by atoms with van der Waals surface area (Å²) in [6.07, 6.45) is 0. The van der Waals surface area contributed by atoms with Crippen LogP contribution in [-0.4, -0.2) is 29.5 Å². The Morgan fingerprint density at radius 3 is 1.24 bits per heavy atom. The third kappa shape index (κ3) is 8.04. The van der Waals surface area contributed by atoms with Gasteiger partial charge in [-0.25, -0.2) is 24.9 Å². The highest BCUT2D eigenvalue weighted by Gasteiger charge is 2.24. The van der Waals surface area contributed by atoms with E-state index in [2.05, 4.69) is 83.4 Å². The molecule has 3 aromatic heterocycles. The summed E-state index contributed by atoms with van der Waals surface area (Å²) in [6, 6.07) is 81.5. The van der Waals surface area contributed by atoms with Crippen LogP contribution in [0.2, 0.25) is 0 Å². The largest absolute Gasteiger partial charge is 0.308 e. The van der Waals surface area contributed by atoms with Crippen LogP contribution in [0.1, 0.15) is 11.1 Å². The number of rotatable bonds is 9. The third-order valence-corrected chi connectivity index (χ3v) is 12.7. The van der Waals surface area contributed by atoms with E-state index in [4.69, 9.17) is 24.9 Å². The van der Waals surface area contributed by atoms with E-state index < -0.39 is 0 Å². The second kappa shape index (κ2) is 18.2. The molecule has 0 bridgehead atoms. The summed E-state index contributed by atoms with van der Waals surface area (Å²) in [6.45, 7) is 0. The molecule has 71 heavy (non-hydrogen) atoms. The maximum atomic E-state index is 10.3. The van der Waals surface area contributed by atoms with Gasteiger partial charge in [-0.05, 0) is 77.9 Å². The minimum atomic E-state index is 0.528. The fraction of sp³-hybridized carbons (Fsp3) is 0. The monoisotopic (exact) mass is 906 g/mol. The summed E-state index contributed by atoms with van der Waals surface area (Å²) >= 11 is 0. The van der Waals surface area contributed by atoms with Crippen molar-refractivity contribution in [2.45, 2.75) is 0 Å². The van der Waals surface area contributed by atoms with E-state index in [9.17, 15) is 10.5 Å². The Morgan fingerprint density at radius 2 is 0.718 bits per heavy atom. The van der Waals surface area contributed by atoms with Crippen LogP contribution in [0, 0.1) is 22.7 Å². The molecule has 0 spiro atoms. The van der Waals surface area contributed by atoms with Crippen LogP contribution in [0.5, 0.6) is 0 Å². The molecule has 0 unspecified atom stereocenters. The van der Waals surface area contributed by atoms with Crippen molar-refractivity contribution in [3.05, 3.63) is 242 Å². The molecule has 8 heteroatoms. The van der Waals surface area contributed by atoms with Crippen molar-refractivity contribution >= 4 is 21.8 Å². The van der Waals surface area contributed by atoms with Gasteiger partial charge in [0, 0.05) is 55.3 Å². The first kappa shape index (κ1) is 42.2. The van der Waals surface area contributed by atoms with Crippen molar-refractivity contribution in [1.29, 1.82) is 10.5 Å². The molecule has 12 aromatic rings. The van der Waals surface area contributed by atoms with Gasteiger partial charge in [0.15, 0.2) is 23.3 Å². The lowest BCUT2D eigenvalue weighted by Crippen LogP contribution is -2.03. The quantitative estimate of drug-likeness (QED) is 0.142. The number of fused-ring (bicyclic) bond motifs is 3. The van der Waals surface area contributed by atoms with Crippen LogP contribution >= 0.6 is 0 Å². The first-order valence-electron chi connectivity index (χ1n) is 23.2. The van der Waals surface area contributed by atoms with Gasteiger partial charge >= 0.3 is 0 Å². The topological polar surface area (TPSA) is 117 Å². The van der Waals surface area contributed by atoms with Crippen molar-refractivity contribution < 1.29 is 0 Å². The Balaban J connectivity index is 1.15. The first-order chi connectivity index (χ1) is 35.1. The highest BCUT2D eigenvalue weighted by Crippen LogP contribution is 2.45. The summed E-state index contributed by atoms with van der Waals surface area (Å²) in [5.74, 6) is 2.32. The van der Waals surface area contributed by atoms with E-state index in [0.29, 0.717) is 40.1 Å². The Kier molecular flexibility index (Phi) is 10.8. The predicted molar refractivity (Wildman–Crippen MR) is 283 cm³/mol. The Morgan fingerprint density at radius 1 is 0.296 bits per heavy atom. The van der Waals surface area contributed by atoms with Crippen molar-refractivity contribution in [3.63, 3.8) is 0 Å². The normalized spacial score (nSPS) is 11.1. The molecule has 8 nitrogen and oxygen atoms in total. The number of para-hydroxylation sites is 1. The zero-order chi connectivity index (χ0) is 47.7. The molecule has 9 aromatic carbocycles. The van der Waals surface area contributed by atoms with Gasteiger partial charge in [0.05, 0.1) is 51.4 Å². The van der Waals surface area contributed by atoms with Gasteiger partial charge in [0.2, 0.25) is 0 Å². The van der Waals surface area contributed by atoms with Gasteiger partial charge in [-0.2, -0.15) is 10.5 Å². The molecule has 0 amide bonds. The predicted octanol–water partition coefficient (Wildman–Crippen LogP) is 14.8. The van der Waals surface area contributed by atoms with Gasteiger partial charge in [-0.3, -0.25) is 0 Å².